The second kappa shape index (κ2) is 8.19. The minimum absolute atomic E-state index is 0.0995. The smallest absolute Gasteiger partial charge is 0.317 e. The number of nitrogens with one attached hydrogen (secondary N) is 1. The van der Waals surface area contributed by atoms with Gasteiger partial charge in [0.1, 0.15) is 5.75 Å². The number of carbonyl (C=O) groups is 1. The number of fused-ring (bicyclic) bond motifs is 3. The minimum Gasteiger partial charge on any atom is -0.595 e. The number of rotatable bonds is 4. The summed E-state index contributed by atoms with van der Waals surface area (Å²) in [5.74, 6) is 1.60. The Kier molecular flexibility index (Phi) is 5.88. The Morgan fingerprint density at radius 3 is 2.58 bits per heavy atom. The predicted molar refractivity (Wildman–Crippen MR) is 120 cm³/mol. The van der Waals surface area contributed by atoms with Crippen molar-refractivity contribution in [1.82, 2.24) is 0 Å². The molecule has 3 aliphatic rings. The van der Waals surface area contributed by atoms with Gasteiger partial charge >= 0.3 is 5.97 Å². The summed E-state index contributed by atoms with van der Waals surface area (Å²) in [5, 5.41) is 19.2. The molecule has 0 bridgehead atoms. The van der Waals surface area contributed by atoms with Gasteiger partial charge in [-0.25, -0.2) is 5.21 Å². The van der Waals surface area contributed by atoms with Crippen LogP contribution in [0.1, 0.15) is 66.2 Å². The second-order valence-corrected chi connectivity index (χ2v) is 10.5. The highest BCUT2D eigenvalue weighted by molar-refractivity contribution is 5.79. The molecule has 0 amide bonds. The lowest BCUT2D eigenvalue weighted by Crippen LogP contribution is -2.99. The fraction of sp³-hybridized carbons (Fsp3) is 0.577. The first kappa shape index (κ1) is 22.3. The fourth-order valence-electron chi connectivity index (χ4n) is 6.54. The molecule has 31 heavy (non-hydrogen) atoms. The standard InChI is InChI=1S/C26H35NO4/c1-17(2)18-6-12-22-19(16-18)7-13-23-25(22,3)14-5-15-26(23,4)24(28)31-21-10-8-20(9-11-21)27(29)30/h6,8-11,16-17,22-23,27,29H,5,7,12-15H2,1-4H3. The van der Waals surface area contributed by atoms with Crippen LogP contribution in [0.4, 0.5) is 5.69 Å². The Hall–Kier alpha value is -1.95. The average molecular weight is 426 g/mol. The summed E-state index contributed by atoms with van der Waals surface area (Å²) >= 11 is 0. The maximum atomic E-state index is 13.4. The highest BCUT2D eigenvalue weighted by Crippen LogP contribution is 2.63. The largest absolute Gasteiger partial charge is 0.595 e. The van der Waals surface area contributed by atoms with Crippen molar-refractivity contribution in [2.45, 2.75) is 66.2 Å². The van der Waals surface area contributed by atoms with Gasteiger partial charge in [0.05, 0.1) is 5.41 Å². The number of hydrogen-bond acceptors (Lipinski definition) is 4. The van der Waals surface area contributed by atoms with E-state index in [0.717, 1.165) is 38.5 Å². The molecule has 5 heteroatoms. The molecule has 1 aromatic rings. The molecular formula is C26H35NO4. The third kappa shape index (κ3) is 3.88. The number of ether oxygens (including phenoxy) is 1. The lowest BCUT2D eigenvalue weighted by atomic mass is 9.46. The van der Waals surface area contributed by atoms with Crippen molar-refractivity contribution >= 4 is 11.7 Å². The van der Waals surface area contributed by atoms with Crippen molar-refractivity contribution in [1.29, 1.82) is 0 Å². The van der Waals surface area contributed by atoms with Gasteiger partial charge in [0.2, 0.25) is 0 Å². The maximum absolute atomic E-state index is 13.4. The number of esters is 1. The topological polar surface area (TPSA) is 74.0 Å². The van der Waals surface area contributed by atoms with Crippen LogP contribution in [0.5, 0.6) is 5.75 Å². The zero-order valence-electron chi connectivity index (χ0n) is 19.1. The van der Waals surface area contributed by atoms with E-state index in [9.17, 15) is 10.0 Å². The second-order valence-electron chi connectivity index (χ2n) is 10.5. The Bertz CT molecular complexity index is 900. The molecule has 0 aliphatic heterocycles. The van der Waals surface area contributed by atoms with Crippen molar-refractivity contribution in [3.8, 4) is 5.75 Å². The van der Waals surface area contributed by atoms with Crippen LogP contribution in [-0.4, -0.2) is 11.2 Å². The lowest BCUT2D eigenvalue weighted by Gasteiger charge is -2.58. The maximum Gasteiger partial charge on any atom is 0.317 e. The first-order chi connectivity index (χ1) is 14.6. The van der Waals surface area contributed by atoms with Gasteiger partial charge in [-0.15, -0.1) is 0 Å². The van der Waals surface area contributed by atoms with Gasteiger partial charge in [0.25, 0.3) is 0 Å². The van der Waals surface area contributed by atoms with E-state index in [2.05, 4.69) is 39.8 Å². The lowest BCUT2D eigenvalue weighted by molar-refractivity contribution is -0.991. The van der Waals surface area contributed by atoms with Crippen LogP contribution < -0.4 is 9.96 Å². The van der Waals surface area contributed by atoms with Crippen LogP contribution in [0.15, 0.2) is 47.6 Å². The van der Waals surface area contributed by atoms with E-state index in [-0.39, 0.29) is 23.0 Å². The SMILES string of the molecule is CC(C)C1=CCC2C(=C1)CCC1C(C)(C(=O)Oc3ccc([NH+]([O-])O)cc3)CCCC21C. The van der Waals surface area contributed by atoms with Gasteiger partial charge in [-0.05, 0) is 79.9 Å². The molecule has 3 aliphatic carbocycles. The van der Waals surface area contributed by atoms with E-state index in [0.29, 0.717) is 17.6 Å². The van der Waals surface area contributed by atoms with E-state index in [4.69, 9.17) is 9.94 Å². The van der Waals surface area contributed by atoms with Gasteiger partial charge in [-0.1, -0.05) is 44.9 Å². The first-order valence-electron chi connectivity index (χ1n) is 11.6. The number of allylic oxidation sites excluding steroid dienone is 4. The molecule has 2 fully saturated rings. The zero-order valence-corrected chi connectivity index (χ0v) is 19.1. The van der Waals surface area contributed by atoms with Gasteiger partial charge in [-0.3, -0.25) is 4.79 Å². The molecule has 168 valence electrons. The predicted octanol–water partition coefficient (Wildman–Crippen LogP) is 5.13. The highest BCUT2D eigenvalue weighted by atomic mass is 16.8. The molecule has 2 saturated carbocycles. The zero-order chi connectivity index (χ0) is 22.4. The van der Waals surface area contributed by atoms with Crippen LogP contribution in [-0.2, 0) is 4.79 Å². The Labute approximate surface area is 185 Å². The normalized spacial score (nSPS) is 33.6. The molecule has 0 radical (unpaired) electrons. The third-order valence-electron chi connectivity index (χ3n) is 8.33. The number of carbonyl (C=O) groups excluding carboxylic acids is 1. The van der Waals surface area contributed by atoms with E-state index >= 15 is 0 Å². The van der Waals surface area contributed by atoms with Crippen molar-refractivity contribution < 1.29 is 20.0 Å². The third-order valence-corrected chi connectivity index (χ3v) is 8.33. The molecule has 0 saturated heterocycles. The summed E-state index contributed by atoms with van der Waals surface area (Å²) in [4.78, 5) is 13.4. The molecule has 2 N–H and O–H groups in total. The monoisotopic (exact) mass is 425 g/mol. The van der Waals surface area contributed by atoms with Crippen LogP contribution in [0, 0.1) is 33.8 Å². The van der Waals surface area contributed by atoms with Crippen LogP contribution in [0.2, 0.25) is 0 Å². The van der Waals surface area contributed by atoms with Crippen molar-refractivity contribution in [2.75, 3.05) is 0 Å². The molecule has 0 aromatic heterocycles. The van der Waals surface area contributed by atoms with Gasteiger partial charge in [0, 0.05) is 12.1 Å². The quantitative estimate of drug-likeness (QED) is 0.398. The van der Waals surface area contributed by atoms with Crippen LogP contribution in [0.3, 0.4) is 0 Å². The summed E-state index contributed by atoms with van der Waals surface area (Å²) in [5.41, 5.74) is 2.80. The molecule has 5 atom stereocenters. The van der Waals surface area contributed by atoms with Crippen molar-refractivity contribution in [3.05, 3.63) is 52.8 Å². The molecule has 4 rings (SSSR count). The average Bonchev–Trinajstić information content (AvgIpc) is 2.73. The fourth-order valence-corrected chi connectivity index (χ4v) is 6.54. The van der Waals surface area contributed by atoms with E-state index in [1.807, 2.05) is 0 Å². The Balaban J connectivity index is 1.56. The van der Waals surface area contributed by atoms with Gasteiger partial charge < -0.3 is 9.94 Å². The van der Waals surface area contributed by atoms with E-state index < -0.39 is 10.6 Å². The molecule has 1 aromatic carbocycles. The van der Waals surface area contributed by atoms with E-state index in [1.54, 1.807) is 17.7 Å². The van der Waals surface area contributed by atoms with Crippen molar-refractivity contribution in [3.63, 3.8) is 0 Å². The van der Waals surface area contributed by atoms with E-state index in [1.165, 1.54) is 17.7 Å². The van der Waals surface area contributed by atoms with Gasteiger partial charge in [0.15, 0.2) is 5.69 Å². The molecular weight excluding hydrogens is 390 g/mol. The number of quaternary nitrogens is 1. The molecule has 5 nitrogen and oxygen atoms in total. The first-order valence-corrected chi connectivity index (χ1v) is 11.6. The van der Waals surface area contributed by atoms with Gasteiger partial charge in [-0.2, -0.15) is 5.23 Å². The molecule has 0 spiro atoms. The number of hydrogen-bond donors (Lipinski definition) is 2. The highest BCUT2D eigenvalue weighted by Gasteiger charge is 2.58. The molecule has 5 unspecified atom stereocenters. The molecule has 0 heterocycles. The van der Waals surface area contributed by atoms with Crippen molar-refractivity contribution in [2.24, 2.45) is 28.6 Å². The van der Waals surface area contributed by atoms with Crippen LogP contribution in [0.25, 0.3) is 0 Å². The summed E-state index contributed by atoms with van der Waals surface area (Å²) < 4.78 is 5.81. The number of benzene rings is 1. The Morgan fingerprint density at radius 2 is 1.94 bits per heavy atom. The Morgan fingerprint density at radius 1 is 1.23 bits per heavy atom. The summed E-state index contributed by atoms with van der Waals surface area (Å²) in [6.45, 7) is 9.01. The summed E-state index contributed by atoms with van der Waals surface area (Å²) in [6, 6.07) is 6.12. The minimum atomic E-state index is -0.985. The van der Waals surface area contributed by atoms with Crippen LogP contribution >= 0.6 is 0 Å². The summed E-state index contributed by atoms with van der Waals surface area (Å²) in [6.07, 6.45) is 11.0. The summed E-state index contributed by atoms with van der Waals surface area (Å²) in [7, 11) is 0.